The second kappa shape index (κ2) is 4.85. The molecule has 6 heteroatoms. The van der Waals surface area contributed by atoms with Gasteiger partial charge in [-0.2, -0.15) is 0 Å². The lowest BCUT2D eigenvalue weighted by Gasteiger charge is -2.09. The Bertz CT molecular complexity index is 445. The van der Waals surface area contributed by atoms with Crippen molar-refractivity contribution < 1.29 is 8.42 Å². The Hall–Kier alpha value is -0.750. The lowest BCUT2D eigenvalue weighted by atomic mass is 10.3. The fourth-order valence-electron chi connectivity index (χ4n) is 1.11. The van der Waals surface area contributed by atoms with Crippen molar-refractivity contribution in [2.75, 3.05) is 16.2 Å². The molecular formula is C9H13BrN2O2S. The molecule has 0 aromatic heterocycles. The van der Waals surface area contributed by atoms with Gasteiger partial charge in [0.2, 0.25) is 10.0 Å². The number of nitrogens with two attached hydrogens (primary N) is 1. The molecule has 0 fully saturated rings. The van der Waals surface area contributed by atoms with Gasteiger partial charge in [0.15, 0.2) is 0 Å². The zero-order chi connectivity index (χ0) is 11.5. The van der Waals surface area contributed by atoms with Crippen LogP contribution < -0.4 is 10.5 Å². The highest BCUT2D eigenvalue weighted by atomic mass is 79.9. The van der Waals surface area contributed by atoms with Gasteiger partial charge in [0.1, 0.15) is 0 Å². The summed E-state index contributed by atoms with van der Waals surface area (Å²) in [4.78, 5) is 0. The van der Waals surface area contributed by atoms with Crippen LogP contribution in [0.4, 0.5) is 11.4 Å². The lowest BCUT2D eigenvalue weighted by molar-refractivity contribution is 0.600. The number of sulfonamides is 1. The van der Waals surface area contributed by atoms with E-state index in [4.69, 9.17) is 5.73 Å². The monoisotopic (exact) mass is 292 g/mol. The predicted octanol–water partition coefficient (Wildman–Crippen LogP) is 2.18. The van der Waals surface area contributed by atoms with Gasteiger partial charge < -0.3 is 5.73 Å². The Kier molecular flexibility index (Phi) is 3.98. The van der Waals surface area contributed by atoms with Crippen molar-refractivity contribution >= 4 is 37.3 Å². The lowest BCUT2D eigenvalue weighted by Crippen LogP contribution is -2.16. The molecule has 0 bridgehead atoms. The summed E-state index contributed by atoms with van der Waals surface area (Å²) in [6.45, 7) is 1.81. The molecule has 0 unspecified atom stereocenters. The summed E-state index contributed by atoms with van der Waals surface area (Å²) in [5.41, 5.74) is 6.50. The third-order valence-corrected chi connectivity index (χ3v) is 3.72. The summed E-state index contributed by atoms with van der Waals surface area (Å²) in [6.07, 6.45) is 0.575. The summed E-state index contributed by atoms with van der Waals surface area (Å²) in [6, 6.07) is 5.02. The summed E-state index contributed by atoms with van der Waals surface area (Å²) in [5, 5.41) is 0. The minimum Gasteiger partial charge on any atom is -0.397 e. The molecule has 0 amide bonds. The average molecular weight is 293 g/mol. The third kappa shape index (κ3) is 3.71. The van der Waals surface area contributed by atoms with E-state index in [0.717, 1.165) is 4.47 Å². The van der Waals surface area contributed by atoms with Gasteiger partial charge in [-0.15, -0.1) is 0 Å². The van der Waals surface area contributed by atoms with E-state index in [2.05, 4.69) is 20.7 Å². The maximum Gasteiger partial charge on any atom is 0.232 e. The quantitative estimate of drug-likeness (QED) is 0.836. The number of rotatable bonds is 4. The van der Waals surface area contributed by atoms with Crippen LogP contribution in [0, 0.1) is 0 Å². The van der Waals surface area contributed by atoms with Gasteiger partial charge in [0, 0.05) is 4.47 Å². The van der Waals surface area contributed by atoms with Crippen molar-refractivity contribution in [2.24, 2.45) is 0 Å². The molecule has 3 N–H and O–H groups in total. The molecule has 84 valence electrons. The Morgan fingerprint density at radius 1 is 1.47 bits per heavy atom. The molecule has 0 aliphatic heterocycles. The minimum atomic E-state index is -3.27. The number of nitrogens with one attached hydrogen (secondary N) is 1. The number of benzene rings is 1. The highest BCUT2D eigenvalue weighted by Gasteiger charge is 2.10. The van der Waals surface area contributed by atoms with Crippen LogP contribution in [-0.2, 0) is 10.0 Å². The van der Waals surface area contributed by atoms with E-state index in [1.54, 1.807) is 18.2 Å². The highest BCUT2D eigenvalue weighted by Crippen LogP contribution is 2.23. The smallest absolute Gasteiger partial charge is 0.232 e. The number of anilines is 2. The van der Waals surface area contributed by atoms with Gasteiger partial charge in [0.25, 0.3) is 0 Å². The molecule has 15 heavy (non-hydrogen) atoms. The van der Waals surface area contributed by atoms with Crippen LogP contribution in [0.3, 0.4) is 0 Å². The first kappa shape index (κ1) is 12.3. The van der Waals surface area contributed by atoms with E-state index >= 15 is 0 Å². The van der Waals surface area contributed by atoms with E-state index in [1.807, 2.05) is 6.92 Å². The fraction of sp³-hybridized carbons (Fsp3) is 0.333. The van der Waals surface area contributed by atoms with Gasteiger partial charge in [-0.05, 0) is 24.6 Å². The summed E-state index contributed by atoms with van der Waals surface area (Å²) < 4.78 is 26.2. The minimum absolute atomic E-state index is 0.0997. The predicted molar refractivity (Wildman–Crippen MR) is 66.3 cm³/mol. The van der Waals surface area contributed by atoms with E-state index in [9.17, 15) is 8.42 Å². The Balaban J connectivity index is 2.90. The molecule has 0 aliphatic carbocycles. The second-order valence-electron chi connectivity index (χ2n) is 3.15. The highest BCUT2D eigenvalue weighted by molar-refractivity contribution is 9.10. The zero-order valence-corrected chi connectivity index (χ0v) is 10.7. The molecule has 0 atom stereocenters. The van der Waals surface area contributed by atoms with E-state index < -0.39 is 10.0 Å². The van der Waals surface area contributed by atoms with Gasteiger partial charge >= 0.3 is 0 Å². The van der Waals surface area contributed by atoms with Crippen LogP contribution in [-0.4, -0.2) is 14.2 Å². The summed E-state index contributed by atoms with van der Waals surface area (Å²) >= 11 is 3.25. The third-order valence-electron chi connectivity index (χ3n) is 1.75. The Morgan fingerprint density at radius 3 is 2.67 bits per heavy atom. The largest absolute Gasteiger partial charge is 0.397 e. The molecule has 0 heterocycles. The molecular weight excluding hydrogens is 280 g/mol. The molecule has 1 rings (SSSR count). The average Bonchev–Trinajstić information content (AvgIpc) is 2.09. The summed E-state index contributed by atoms with van der Waals surface area (Å²) in [7, 11) is -3.27. The molecule has 0 saturated heterocycles. The number of hydrogen-bond donors (Lipinski definition) is 2. The van der Waals surface area contributed by atoms with E-state index in [-0.39, 0.29) is 5.75 Å². The molecule has 1 aromatic rings. The number of nitrogen functional groups attached to an aromatic ring is 1. The number of hydrogen-bond acceptors (Lipinski definition) is 3. The van der Waals surface area contributed by atoms with Gasteiger partial charge in [0.05, 0.1) is 17.1 Å². The van der Waals surface area contributed by atoms with Crippen LogP contribution >= 0.6 is 15.9 Å². The molecule has 0 radical (unpaired) electrons. The fourth-order valence-corrected chi connectivity index (χ4v) is 2.65. The van der Waals surface area contributed by atoms with Crippen LogP contribution in [0.15, 0.2) is 22.7 Å². The van der Waals surface area contributed by atoms with Crippen LogP contribution in [0.5, 0.6) is 0 Å². The van der Waals surface area contributed by atoms with Crippen molar-refractivity contribution in [2.45, 2.75) is 13.3 Å². The van der Waals surface area contributed by atoms with E-state index in [0.29, 0.717) is 17.8 Å². The van der Waals surface area contributed by atoms with Crippen LogP contribution in [0.2, 0.25) is 0 Å². The van der Waals surface area contributed by atoms with Crippen molar-refractivity contribution in [3.63, 3.8) is 0 Å². The SMILES string of the molecule is CCCS(=O)(=O)Nc1ccc(Br)cc1N. The molecule has 0 spiro atoms. The van der Waals surface area contributed by atoms with Gasteiger partial charge in [-0.25, -0.2) is 8.42 Å². The maximum absolute atomic E-state index is 11.5. The second-order valence-corrected chi connectivity index (χ2v) is 5.91. The van der Waals surface area contributed by atoms with Gasteiger partial charge in [-0.3, -0.25) is 4.72 Å². The van der Waals surface area contributed by atoms with Gasteiger partial charge in [-0.1, -0.05) is 22.9 Å². The molecule has 4 nitrogen and oxygen atoms in total. The standard InChI is InChI=1S/C9H13BrN2O2S/c1-2-5-15(13,14)12-9-4-3-7(10)6-8(9)11/h3-4,6,12H,2,5,11H2,1H3. The first-order valence-electron chi connectivity index (χ1n) is 4.50. The van der Waals surface area contributed by atoms with Crippen molar-refractivity contribution in [3.8, 4) is 0 Å². The van der Waals surface area contributed by atoms with E-state index in [1.165, 1.54) is 0 Å². The molecule has 0 aliphatic rings. The van der Waals surface area contributed by atoms with Crippen LogP contribution in [0.1, 0.15) is 13.3 Å². The molecule has 0 saturated carbocycles. The topological polar surface area (TPSA) is 72.2 Å². The first-order chi connectivity index (χ1) is 6.94. The molecule has 1 aromatic carbocycles. The van der Waals surface area contributed by atoms with Crippen LogP contribution in [0.25, 0.3) is 0 Å². The summed E-state index contributed by atoms with van der Waals surface area (Å²) in [5.74, 6) is 0.0997. The van der Waals surface area contributed by atoms with Crippen molar-refractivity contribution in [1.82, 2.24) is 0 Å². The zero-order valence-electron chi connectivity index (χ0n) is 8.33. The normalized spacial score (nSPS) is 11.3. The Labute approximate surface area is 98.0 Å². The first-order valence-corrected chi connectivity index (χ1v) is 6.94. The van der Waals surface area contributed by atoms with Crippen molar-refractivity contribution in [1.29, 1.82) is 0 Å². The Morgan fingerprint density at radius 2 is 2.13 bits per heavy atom. The number of halogens is 1. The maximum atomic E-state index is 11.5. The van der Waals surface area contributed by atoms with Crippen molar-refractivity contribution in [3.05, 3.63) is 22.7 Å².